The molecule has 0 spiro atoms. The van der Waals surface area contributed by atoms with Crippen molar-refractivity contribution in [2.75, 3.05) is 20.2 Å². The summed E-state index contributed by atoms with van der Waals surface area (Å²) in [5.41, 5.74) is 0.180. The summed E-state index contributed by atoms with van der Waals surface area (Å²) in [5.74, 6) is 0.772. The fourth-order valence-corrected chi connectivity index (χ4v) is 3.81. The molecule has 0 atom stereocenters. The maximum Gasteiger partial charge on any atom is 0.410 e. The monoisotopic (exact) mass is 404 g/mol. The first-order chi connectivity index (χ1) is 13.6. The Bertz CT molecular complexity index is 682. The molecular weight excluding hydrogens is 368 g/mol. The van der Waals surface area contributed by atoms with Crippen molar-refractivity contribution in [1.29, 1.82) is 0 Å². The third-order valence-corrected chi connectivity index (χ3v) is 5.73. The number of carbonyl (C=O) groups excluding carboxylic acids is 2. The van der Waals surface area contributed by atoms with E-state index < -0.39 is 11.1 Å². The normalized spacial score (nSPS) is 15.7. The molecule has 2 amide bonds. The summed E-state index contributed by atoms with van der Waals surface area (Å²) >= 11 is 0. The van der Waals surface area contributed by atoms with Gasteiger partial charge in [-0.1, -0.05) is 26.0 Å². The highest BCUT2D eigenvalue weighted by atomic mass is 16.6. The molecular formula is C23H36N2O4. The molecule has 1 aliphatic rings. The highest BCUT2D eigenvalue weighted by Crippen LogP contribution is 2.31. The Morgan fingerprint density at radius 2 is 1.62 bits per heavy atom. The van der Waals surface area contributed by atoms with Crippen LogP contribution in [0.5, 0.6) is 5.75 Å². The molecule has 1 heterocycles. The number of benzene rings is 1. The van der Waals surface area contributed by atoms with Crippen LogP contribution in [0, 0.1) is 5.92 Å². The number of ether oxygens (including phenoxy) is 2. The van der Waals surface area contributed by atoms with Crippen LogP contribution in [0.25, 0.3) is 0 Å². The van der Waals surface area contributed by atoms with Crippen LogP contribution in [0.2, 0.25) is 0 Å². The van der Waals surface area contributed by atoms with E-state index in [0.29, 0.717) is 25.9 Å². The van der Waals surface area contributed by atoms with Crippen molar-refractivity contribution in [3.63, 3.8) is 0 Å². The van der Waals surface area contributed by atoms with Crippen molar-refractivity contribution in [1.82, 2.24) is 10.2 Å². The van der Waals surface area contributed by atoms with E-state index in [0.717, 1.165) is 24.2 Å². The second-order valence-corrected chi connectivity index (χ2v) is 8.75. The minimum absolute atomic E-state index is 0.0633. The summed E-state index contributed by atoms with van der Waals surface area (Å²) in [6, 6.07) is 7.91. The van der Waals surface area contributed by atoms with Gasteiger partial charge in [0.1, 0.15) is 11.4 Å². The molecule has 0 saturated carbocycles. The quantitative estimate of drug-likeness (QED) is 0.759. The van der Waals surface area contributed by atoms with Gasteiger partial charge in [-0.15, -0.1) is 0 Å². The van der Waals surface area contributed by atoms with Crippen LogP contribution >= 0.6 is 0 Å². The van der Waals surface area contributed by atoms with Gasteiger partial charge in [-0.3, -0.25) is 4.79 Å². The number of methoxy groups -OCH3 is 1. The zero-order valence-corrected chi connectivity index (χ0v) is 18.7. The van der Waals surface area contributed by atoms with Crippen LogP contribution in [0.4, 0.5) is 4.79 Å². The van der Waals surface area contributed by atoms with E-state index in [1.807, 2.05) is 45.0 Å². The lowest BCUT2D eigenvalue weighted by atomic mass is 9.83. The van der Waals surface area contributed by atoms with Gasteiger partial charge >= 0.3 is 6.09 Å². The van der Waals surface area contributed by atoms with Gasteiger partial charge in [0.15, 0.2) is 0 Å². The molecule has 2 rings (SSSR count). The first kappa shape index (κ1) is 23.0. The maximum absolute atomic E-state index is 13.1. The molecule has 1 N–H and O–H groups in total. The molecule has 0 aliphatic carbocycles. The molecule has 0 aromatic heterocycles. The molecule has 0 bridgehead atoms. The molecule has 1 fully saturated rings. The Kier molecular flexibility index (Phi) is 7.55. The second-order valence-electron chi connectivity index (χ2n) is 8.75. The van der Waals surface area contributed by atoms with Gasteiger partial charge < -0.3 is 19.7 Å². The van der Waals surface area contributed by atoms with E-state index in [1.54, 1.807) is 12.0 Å². The summed E-state index contributed by atoms with van der Waals surface area (Å²) in [7, 11) is 1.65. The first-order valence-electron chi connectivity index (χ1n) is 10.6. The summed E-state index contributed by atoms with van der Waals surface area (Å²) in [6.07, 6.45) is 2.61. The standard InChI is InChI=1S/C23H36N2O4/c1-7-23(8-2,18-9-11-19(28-6)12-10-18)24-20(26)17-13-15-25(16-14-17)21(27)29-22(3,4)5/h9-12,17H,7-8,13-16H2,1-6H3,(H,24,26). The predicted molar refractivity (Wildman–Crippen MR) is 114 cm³/mol. The second kappa shape index (κ2) is 9.51. The predicted octanol–water partition coefficient (Wildman–Crippen LogP) is 4.47. The number of piperidine rings is 1. The fourth-order valence-electron chi connectivity index (χ4n) is 3.81. The number of nitrogens with one attached hydrogen (secondary N) is 1. The third-order valence-electron chi connectivity index (χ3n) is 5.73. The molecule has 1 aliphatic heterocycles. The highest BCUT2D eigenvalue weighted by molar-refractivity contribution is 5.80. The molecule has 29 heavy (non-hydrogen) atoms. The molecule has 6 heteroatoms. The summed E-state index contributed by atoms with van der Waals surface area (Å²) in [4.78, 5) is 27.0. The van der Waals surface area contributed by atoms with Crippen LogP contribution in [-0.2, 0) is 15.1 Å². The van der Waals surface area contributed by atoms with E-state index in [9.17, 15) is 9.59 Å². The highest BCUT2D eigenvalue weighted by Gasteiger charge is 2.35. The van der Waals surface area contributed by atoms with E-state index in [4.69, 9.17) is 9.47 Å². The number of amides is 2. The minimum Gasteiger partial charge on any atom is -0.497 e. The molecule has 0 radical (unpaired) electrons. The zero-order valence-electron chi connectivity index (χ0n) is 18.7. The van der Waals surface area contributed by atoms with Gasteiger partial charge in [-0.25, -0.2) is 4.79 Å². The largest absolute Gasteiger partial charge is 0.497 e. The number of nitrogens with zero attached hydrogens (tertiary/aromatic N) is 1. The van der Waals surface area contributed by atoms with E-state index in [-0.39, 0.29) is 17.9 Å². The minimum atomic E-state index is -0.508. The Morgan fingerprint density at radius 1 is 1.07 bits per heavy atom. The lowest BCUT2D eigenvalue weighted by molar-refractivity contribution is -0.128. The maximum atomic E-state index is 13.1. The van der Waals surface area contributed by atoms with Crippen LogP contribution < -0.4 is 10.1 Å². The number of likely N-dealkylation sites (tertiary alicyclic amines) is 1. The van der Waals surface area contributed by atoms with E-state index >= 15 is 0 Å². The average Bonchev–Trinajstić information content (AvgIpc) is 2.71. The number of rotatable bonds is 6. The molecule has 1 aromatic rings. The third kappa shape index (κ3) is 5.87. The van der Waals surface area contributed by atoms with Gasteiger partial charge in [0.05, 0.1) is 12.6 Å². The molecule has 162 valence electrons. The number of hydrogen-bond acceptors (Lipinski definition) is 4. The van der Waals surface area contributed by atoms with Crippen LogP contribution in [0.3, 0.4) is 0 Å². The number of carbonyl (C=O) groups is 2. The van der Waals surface area contributed by atoms with Gasteiger partial charge in [-0.2, -0.15) is 0 Å². The summed E-state index contributed by atoms with van der Waals surface area (Å²) < 4.78 is 10.7. The van der Waals surface area contributed by atoms with Crippen molar-refractivity contribution in [3.8, 4) is 5.75 Å². The van der Waals surface area contributed by atoms with Crippen LogP contribution in [0.15, 0.2) is 24.3 Å². The summed E-state index contributed by atoms with van der Waals surface area (Å²) in [6.45, 7) is 10.9. The number of hydrogen-bond donors (Lipinski definition) is 1. The van der Waals surface area contributed by atoms with Gasteiger partial charge in [0.25, 0.3) is 0 Å². The molecule has 1 aromatic carbocycles. The van der Waals surface area contributed by atoms with Crippen molar-refractivity contribution in [2.45, 2.75) is 71.4 Å². The SMILES string of the molecule is CCC(CC)(NC(=O)C1CCN(C(=O)OC(C)(C)C)CC1)c1ccc(OC)cc1. The smallest absolute Gasteiger partial charge is 0.410 e. The van der Waals surface area contributed by atoms with Gasteiger partial charge in [0.2, 0.25) is 5.91 Å². The fraction of sp³-hybridized carbons (Fsp3) is 0.652. The summed E-state index contributed by atoms with van der Waals surface area (Å²) in [5, 5.41) is 3.32. The Labute approximate surface area is 174 Å². The topological polar surface area (TPSA) is 67.9 Å². The van der Waals surface area contributed by atoms with Crippen molar-refractivity contribution < 1.29 is 19.1 Å². The molecule has 6 nitrogen and oxygen atoms in total. The van der Waals surface area contributed by atoms with Gasteiger partial charge in [0, 0.05) is 19.0 Å². The van der Waals surface area contributed by atoms with Gasteiger partial charge in [-0.05, 0) is 64.2 Å². The Morgan fingerprint density at radius 3 is 2.07 bits per heavy atom. The van der Waals surface area contributed by atoms with E-state index in [1.165, 1.54) is 0 Å². The zero-order chi connectivity index (χ0) is 21.7. The van der Waals surface area contributed by atoms with Crippen LogP contribution in [-0.4, -0.2) is 42.7 Å². The van der Waals surface area contributed by atoms with Crippen molar-refractivity contribution >= 4 is 12.0 Å². The lowest BCUT2D eigenvalue weighted by Crippen LogP contribution is -2.50. The van der Waals surface area contributed by atoms with E-state index in [2.05, 4.69) is 19.2 Å². The molecule has 1 saturated heterocycles. The van der Waals surface area contributed by atoms with Crippen LogP contribution in [0.1, 0.15) is 65.9 Å². The average molecular weight is 405 g/mol. The van der Waals surface area contributed by atoms with Crippen molar-refractivity contribution in [3.05, 3.63) is 29.8 Å². The Balaban J connectivity index is 2.01. The van der Waals surface area contributed by atoms with Crippen molar-refractivity contribution in [2.24, 2.45) is 5.92 Å². The Hall–Kier alpha value is -2.24. The molecule has 0 unspecified atom stereocenters. The lowest BCUT2D eigenvalue weighted by Gasteiger charge is -2.37. The first-order valence-corrected chi connectivity index (χ1v) is 10.6.